The molecule has 0 atom stereocenters. The minimum absolute atomic E-state index is 0.281. The van der Waals surface area contributed by atoms with Crippen LogP contribution in [0.2, 0.25) is 0 Å². The highest BCUT2D eigenvalue weighted by atomic mass is 19.1. The zero-order valence-corrected chi connectivity index (χ0v) is 16.1. The Hall–Kier alpha value is -3.53. The van der Waals surface area contributed by atoms with Crippen molar-refractivity contribution in [3.05, 3.63) is 108 Å². The molecule has 0 amide bonds. The summed E-state index contributed by atoms with van der Waals surface area (Å²) in [6.07, 6.45) is 1.80. The maximum atomic E-state index is 13.5. The van der Waals surface area contributed by atoms with Crippen molar-refractivity contribution in [2.24, 2.45) is 0 Å². The van der Waals surface area contributed by atoms with Crippen LogP contribution in [0.3, 0.4) is 0 Å². The molecule has 4 rings (SSSR count). The Bertz CT molecular complexity index is 1140. The standard InChI is InChI=1S/C25H20F2N2/c1-3-18-4-6-19(7-5-18)16-29-25(21-10-14-23(27)15-11-21)17(2)24(28-29)20-8-12-22(26)13-9-20/h3-15H,1,16H2,2H3. The molecule has 0 radical (unpaired) electrons. The summed E-state index contributed by atoms with van der Waals surface area (Å²) in [4.78, 5) is 0. The molecule has 4 aromatic rings. The molecule has 29 heavy (non-hydrogen) atoms. The molecule has 3 aromatic carbocycles. The van der Waals surface area contributed by atoms with Crippen molar-refractivity contribution in [2.75, 3.05) is 0 Å². The van der Waals surface area contributed by atoms with E-state index in [0.29, 0.717) is 6.54 Å². The van der Waals surface area contributed by atoms with Gasteiger partial charge in [-0.1, -0.05) is 36.9 Å². The van der Waals surface area contributed by atoms with Gasteiger partial charge in [-0.05, 0) is 66.6 Å². The molecule has 1 heterocycles. The van der Waals surface area contributed by atoms with Crippen LogP contribution in [-0.2, 0) is 6.54 Å². The van der Waals surface area contributed by atoms with Crippen molar-refractivity contribution in [1.29, 1.82) is 0 Å². The number of benzene rings is 3. The van der Waals surface area contributed by atoms with E-state index in [2.05, 4.69) is 6.58 Å². The molecule has 0 saturated carbocycles. The third kappa shape index (κ3) is 3.87. The number of hydrogen-bond donors (Lipinski definition) is 0. The summed E-state index contributed by atoms with van der Waals surface area (Å²) in [6, 6.07) is 20.8. The Morgan fingerprint density at radius 1 is 0.828 bits per heavy atom. The van der Waals surface area contributed by atoms with Crippen LogP contribution in [0.5, 0.6) is 0 Å². The van der Waals surface area contributed by atoms with E-state index in [-0.39, 0.29) is 11.6 Å². The van der Waals surface area contributed by atoms with E-state index in [1.807, 2.05) is 35.9 Å². The molecule has 0 aliphatic heterocycles. The maximum absolute atomic E-state index is 13.5. The first-order valence-electron chi connectivity index (χ1n) is 9.36. The Labute approximate surface area is 168 Å². The molecule has 0 N–H and O–H groups in total. The molecular weight excluding hydrogens is 366 g/mol. The van der Waals surface area contributed by atoms with Gasteiger partial charge in [0.05, 0.1) is 17.9 Å². The zero-order chi connectivity index (χ0) is 20.4. The molecule has 4 heteroatoms. The first kappa shape index (κ1) is 18.8. The molecule has 2 nitrogen and oxygen atoms in total. The second-order valence-corrected chi connectivity index (χ2v) is 6.94. The summed E-state index contributed by atoms with van der Waals surface area (Å²) < 4.78 is 28.8. The van der Waals surface area contributed by atoms with E-state index >= 15 is 0 Å². The molecule has 0 aliphatic carbocycles. The molecule has 0 unspecified atom stereocenters. The van der Waals surface area contributed by atoms with Crippen LogP contribution in [0.1, 0.15) is 16.7 Å². The van der Waals surface area contributed by atoms with E-state index < -0.39 is 0 Å². The Kier molecular flexibility index (Phi) is 5.09. The highest BCUT2D eigenvalue weighted by molar-refractivity contribution is 5.74. The van der Waals surface area contributed by atoms with Crippen molar-refractivity contribution < 1.29 is 8.78 Å². The molecule has 0 aliphatic rings. The Morgan fingerprint density at radius 2 is 1.38 bits per heavy atom. The van der Waals surface area contributed by atoms with E-state index in [0.717, 1.165) is 39.2 Å². The highest BCUT2D eigenvalue weighted by Gasteiger charge is 2.18. The summed E-state index contributed by atoms with van der Waals surface area (Å²) >= 11 is 0. The average Bonchev–Trinajstić information content (AvgIpc) is 3.06. The van der Waals surface area contributed by atoms with Gasteiger partial charge in [-0.2, -0.15) is 5.10 Å². The number of hydrogen-bond acceptors (Lipinski definition) is 1. The second-order valence-electron chi connectivity index (χ2n) is 6.94. The van der Waals surface area contributed by atoms with Crippen LogP contribution < -0.4 is 0 Å². The van der Waals surface area contributed by atoms with Gasteiger partial charge in [-0.25, -0.2) is 8.78 Å². The van der Waals surface area contributed by atoms with E-state index in [1.54, 1.807) is 30.3 Å². The zero-order valence-electron chi connectivity index (χ0n) is 16.1. The summed E-state index contributed by atoms with van der Waals surface area (Å²) in [5, 5.41) is 4.83. The van der Waals surface area contributed by atoms with E-state index in [4.69, 9.17) is 5.10 Å². The van der Waals surface area contributed by atoms with Crippen LogP contribution in [0.4, 0.5) is 8.78 Å². The van der Waals surface area contributed by atoms with Crippen molar-refractivity contribution in [3.8, 4) is 22.5 Å². The quantitative estimate of drug-likeness (QED) is 0.383. The molecule has 0 fully saturated rings. The van der Waals surface area contributed by atoms with Crippen LogP contribution in [-0.4, -0.2) is 9.78 Å². The minimum Gasteiger partial charge on any atom is -0.260 e. The second kappa shape index (κ2) is 7.84. The lowest BCUT2D eigenvalue weighted by Gasteiger charge is -2.09. The van der Waals surface area contributed by atoms with Gasteiger partial charge < -0.3 is 0 Å². The maximum Gasteiger partial charge on any atom is 0.123 e. The van der Waals surface area contributed by atoms with E-state index in [1.165, 1.54) is 24.3 Å². The van der Waals surface area contributed by atoms with Gasteiger partial charge in [0.15, 0.2) is 0 Å². The first-order valence-corrected chi connectivity index (χ1v) is 9.36. The Morgan fingerprint density at radius 3 is 1.93 bits per heavy atom. The lowest BCUT2D eigenvalue weighted by molar-refractivity contribution is 0.627. The number of halogens is 2. The van der Waals surface area contributed by atoms with Gasteiger partial charge in [0.1, 0.15) is 11.6 Å². The SMILES string of the molecule is C=Cc1ccc(Cn2nc(-c3ccc(F)cc3)c(C)c2-c2ccc(F)cc2)cc1. The topological polar surface area (TPSA) is 17.8 Å². The fourth-order valence-electron chi connectivity index (χ4n) is 3.45. The molecular formula is C25H20F2N2. The summed E-state index contributed by atoms with van der Waals surface area (Å²) in [6.45, 7) is 6.33. The normalized spacial score (nSPS) is 10.9. The van der Waals surface area contributed by atoms with Gasteiger partial charge >= 0.3 is 0 Å². The van der Waals surface area contributed by atoms with Crippen molar-refractivity contribution in [1.82, 2.24) is 9.78 Å². The monoisotopic (exact) mass is 386 g/mol. The third-order valence-electron chi connectivity index (χ3n) is 4.97. The Balaban J connectivity index is 1.82. The molecule has 0 saturated heterocycles. The van der Waals surface area contributed by atoms with Gasteiger partial charge in [-0.3, -0.25) is 4.68 Å². The molecule has 144 valence electrons. The molecule has 0 bridgehead atoms. The smallest absolute Gasteiger partial charge is 0.123 e. The van der Waals surface area contributed by atoms with Crippen molar-refractivity contribution in [3.63, 3.8) is 0 Å². The van der Waals surface area contributed by atoms with Crippen molar-refractivity contribution in [2.45, 2.75) is 13.5 Å². The summed E-state index contributed by atoms with van der Waals surface area (Å²) in [5.41, 5.74) is 6.53. The first-order chi connectivity index (χ1) is 14.0. The fraction of sp³-hybridized carbons (Fsp3) is 0.0800. The van der Waals surface area contributed by atoms with Crippen LogP contribution in [0, 0.1) is 18.6 Å². The third-order valence-corrected chi connectivity index (χ3v) is 4.97. The average molecular weight is 386 g/mol. The minimum atomic E-state index is -0.285. The van der Waals surface area contributed by atoms with E-state index in [9.17, 15) is 8.78 Å². The van der Waals surface area contributed by atoms with Gasteiger partial charge in [0.2, 0.25) is 0 Å². The summed E-state index contributed by atoms with van der Waals surface area (Å²) in [7, 11) is 0. The van der Waals surface area contributed by atoms with Crippen LogP contribution in [0.15, 0.2) is 79.4 Å². The van der Waals surface area contributed by atoms with Gasteiger partial charge in [0.25, 0.3) is 0 Å². The van der Waals surface area contributed by atoms with Gasteiger partial charge in [-0.15, -0.1) is 0 Å². The van der Waals surface area contributed by atoms with Crippen LogP contribution >= 0.6 is 0 Å². The van der Waals surface area contributed by atoms with Crippen LogP contribution in [0.25, 0.3) is 28.6 Å². The lowest BCUT2D eigenvalue weighted by Crippen LogP contribution is -2.04. The molecule has 0 spiro atoms. The number of nitrogens with zero attached hydrogens (tertiary/aromatic N) is 2. The van der Waals surface area contributed by atoms with Gasteiger partial charge in [0, 0.05) is 16.7 Å². The predicted molar refractivity (Wildman–Crippen MR) is 113 cm³/mol. The number of rotatable bonds is 5. The fourth-order valence-corrected chi connectivity index (χ4v) is 3.45. The van der Waals surface area contributed by atoms with Crippen molar-refractivity contribution >= 4 is 6.08 Å². The number of aromatic nitrogens is 2. The largest absolute Gasteiger partial charge is 0.260 e. The molecule has 1 aromatic heterocycles. The predicted octanol–water partition coefficient (Wildman–Crippen LogP) is 6.50. The lowest BCUT2D eigenvalue weighted by atomic mass is 10.0. The highest BCUT2D eigenvalue weighted by Crippen LogP contribution is 2.32. The summed E-state index contributed by atoms with van der Waals surface area (Å²) in [5.74, 6) is -0.567.